The number of H-pyrrole nitrogens is 1. The summed E-state index contributed by atoms with van der Waals surface area (Å²) in [7, 11) is 0. The van der Waals surface area contributed by atoms with E-state index < -0.39 is 0 Å². The molecular weight excluding hydrogens is 356 g/mol. The summed E-state index contributed by atoms with van der Waals surface area (Å²) >= 11 is 3.41. The molecule has 5 nitrogen and oxygen atoms in total. The number of amides is 1. The normalized spacial score (nSPS) is 10.8. The van der Waals surface area contributed by atoms with Crippen LogP contribution in [0.5, 0.6) is 0 Å². The highest BCUT2D eigenvalue weighted by atomic mass is 79.9. The molecular formula is C17H13BrN4O. The number of halogens is 1. The molecule has 0 atom stereocenters. The SMILES string of the molecule is O=C(NN=Cc1cn[nH]c1-c1ccc(Br)cc1)c1ccccc1. The van der Waals surface area contributed by atoms with Gasteiger partial charge in [0, 0.05) is 21.2 Å². The van der Waals surface area contributed by atoms with Gasteiger partial charge >= 0.3 is 0 Å². The van der Waals surface area contributed by atoms with Crippen LogP contribution in [-0.4, -0.2) is 22.3 Å². The number of carbonyl (C=O) groups is 1. The second kappa shape index (κ2) is 7.02. The zero-order chi connectivity index (χ0) is 16.1. The highest BCUT2D eigenvalue weighted by Crippen LogP contribution is 2.22. The predicted octanol–water partition coefficient (Wildman–Crippen LogP) is 3.60. The van der Waals surface area contributed by atoms with Gasteiger partial charge in [-0.1, -0.05) is 46.3 Å². The maximum atomic E-state index is 11.9. The molecule has 0 aliphatic rings. The molecule has 0 saturated carbocycles. The van der Waals surface area contributed by atoms with Gasteiger partial charge in [0.05, 0.1) is 18.1 Å². The van der Waals surface area contributed by atoms with Crippen molar-refractivity contribution in [3.05, 3.63) is 76.4 Å². The van der Waals surface area contributed by atoms with Gasteiger partial charge in [-0.25, -0.2) is 5.43 Å². The molecule has 0 bridgehead atoms. The molecule has 1 heterocycles. The topological polar surface area (TPSA) is 70.1 Å². The molecule has 2 aromatic carbocycles. The molecule has 0 aliphatic heterocycles. The van der Waals surface area contributed by atoms with Gasteiger partial charge in [0.1, 0.15) is 0 Å². The van der Waals surface area contributed by atoms with Crippen molar-refractivity contribution < 1.29 is 4.79 Å². The van der Waals surface area contributed by atoms with Crippen LogP contribution < -0.4 is 5.43 Å². The summed E-state index contributed by atoms with van der Waals surface area (Å²) in [5.74, 6) is -0.254. The fraction of sp³-hybridized carbons (Fsp3) is 0. The van der Waals surface area contributed by atoms with Gasteiger partial charge in [-0.2, -0.15) is 10.2 Å². The van der Waals surface area contributed by atoms with Gasteiger partial charge < -0.3 is 0 Å². The van der Waals surface area contributed by atoms with Crippen LogP contribution in [0.4, 0.5) is 0 Å². The lowest BCUT2D eigenvalue weighted by Crippen LogP contribution is -2.17. The van der Waals surface area contributed by atoms with E-state index >= 15 is 0 Å². The monoisotopic (exact) mass is 368 g/mol. The van der Waals surface area contributed by atoms with E-state index in [1.807, 2.05) is 30.3 Å². The molecule has 1 aromatic heterocycles. The number of hydrazone groups is 1. The van der Waals surface area contributed by atoms with E-state index in [4.69, 9.17) is 0 Å². The van der Waals surface area contributed by atoms with E-state index in [2.05, 4.69) is 36.7 Å². The second-order valence-electron chi connectivity index (χ2n) is 4.77. The molecule has 23 heavy (non-hydrogen) atoms. The van der Waals surface area contributed by atoms with Crippen molar-refractivity contribution in [1.29, 1.82) is 0 Å². The molecule has 114 valence electrons. The van der Waals surface area contributed by atoms with Crippen molar-refractivity contribution in [2.75, 3.05) is 0 Å². The number of aromatic amines is 1. The van der Waals surface area contributed by atoms with Crippen LogP contribution in [0.3, 0.4) is 0 Å². The summed E-state index contributed by atoms with van der Waals surface area (Å²) in [6.45, 7) is 0. The molecule has 0 saturated heterocycles. The molecule has 0 spiro atoms. The van der Waals surface area contributed by atoms with Crippen LogP contribution in [0, 0.1) is 0 Å². The van der Waals surface area contributed by atoms with Crippen LogP contribution in [0.2, 0.25) is 0 Å². The van der Waals surface area contributed by atoms with Gasteiger partial charge in [-0.05, 0) is 24.3 Å². The largest absolute Gasteiger partial charge is 0.277 e. The first-order chi connectivity index (χ1) is 11.2. The Morgan fingerprint density at radius 1 is 1.13 bits per heavy atom. The minimum absolute atomic E-state index is 0.254. The minimum atomic E-state index is -0.254. The van der Waals surface area contributed by atoms with Crippen LogP contribution in [0.25, 0.3) is 11.3 Å². The summed E-state index contributed by atoms with van der Waals surface area (Å²) in [5.41, 5.74) is 5.69. The summed E-state index contributed by atoms with van der Waals surface area (Å²) in [5, 5.41) is 11.0. The highest BCUT2D eigenvalue weighted by molar-refractivity contribution is 9.10. The van der Waals surface area contributed by atoms with E-state index in [0.29, 0.717) is 5.56 Å². The van der Waals surface area contributed by atoms with Crippen molar-refractivity contribution in [3.63, 3.8) is 0 Å². The maximum Gasteiger partial charge on any atom is 0.271 e. The molecule has 0 radical (unpaired) electrons. The van der Waals surface area contributed by atoms with Crippen LogP contribution >= 0.6 is 15.9 Å². The van der Waals surface area contributed by atoms with Crippen molar-refractivity contribution in [2.24, 2.45) is 5.10 Å². The van der Waals surface area contributed by atoms with E-state index in [1.165, 1.54) is 0 Å². The highest BCUT2D eigenvalue weighted by Gasteiger charge is 2.06. The standard InChI is InChI=1S/C17H13BrN4O/c18-15-8-6-12(7-9-15)16-14(10-19-21-16)11-20-22-17(23)13-4-2-1-3-5-13/h1-11H,(H,19,21)(H,22,23). The molecule has 0 fully saturated rings. The quantitative estimate of drug-likeness (QED) is 0.545. The Bertz CT molecular complexity index is 825. The molecule has 0 unspecified atom stereocenters. The Kier molecular flexibility index (Phi) is 4.63. The predicted molar refractivity (Wildman–Crippen MR) is 93.2 cm³/mol. The fourth-order valence-electron chi connectivity index (χ4n) is 2.06. The van der Waals surface area contributed by atoms with Crippen molar-refractivity contribution >= 4 is 28.1 Å². The number of hydrogen-bond donors (Lipinski definition) is 2. The smallest absolute Gasteiger partial charge is 0.271 e. The summed E-state index contributed by atoms with van der Waals surface area (Å²) in [6.07, 6.45) is 3.23. The summed E-state index contributed by atoms with van der Waals surface area (Å²) in [6, 6.07) is 16.8. The molecule has 3 aromatic rings. The van der Waals surface area contributed by atoms with Crippen LogP contribution in [0.1, 0.15) is 15.9 Å². The summed E-state index contributed by atoms with van der Waals surface area (Å²) in [4.78, 5) is 11.9. The Balaban J connectivity index is 1.73. The third-order valence-corrected chi connectivity index (χ3v) is 3.74. The van der Waals surface area contributed by atoms with E-state index in [0.717, 1.165) is 21.3 Å². The van der Waals surface area contributed by atoms with E-state index in [9.17, 15) is 4.79 Å². The number of carbonyl (C=O) groups excluding carboxylic acids is 1. The Morgan fingerprint density at radius 2 is 1.87 bits per heavy atom. The van der Waals surface area contributed by atoms with Crippen molar-refractivity contribution in [1.82, 2.24) is 15.6 Å². The molecule has 0 aliphatic carbocycles. The van der Waals surface area contributed by atoms with Gasteiger partial charge in [0.15, 0.2) is 0 Å². The fourth-order valence-corrected chi connectivity index (χ4v) is 2.32. The molecule has 6 heteroatoms. The van der Waals surface area contributed by atoms with Gasteiger partial charge in [-0.15, -0.1) is 0 Å². The van der Waals surface area contributed by atoms with Crippen LogP contribution in [-0.2, 0) is 0 Å². The summed E-state index contributed by atoms with van der Waals surface area (Å²) < 4.78 is 1.01. The van der Waals surface area contributed by atoms with Crippen molar-refractivity contribution in [2.45, 2.75) is 0 Å². The van der Waals surface area contributed by atoms with Crippen molar-refractivity contribution in [3.8, 4) is 11.3 Å². The number of benzene rings is 2. The first-order valence-corrected chi connectivity index (χ1v) is 7.71. The average Bonchev–Trinajstić information content (AvgIpc) is 3.05. The Hall–Kier alpha value is -2.73. The number of hydrogen-bond acceptors (Lipinski definition) is 3. The lowest BCUT2D eigenvalue weighted by atomic mass is 10.1. The zero-order valence-corrected chi connectivity index (χ0v) is 13.6. The third-order valence-electron chi connectivity index (χ3n) is 3.21. The van der Waals surface area contributed by atoms with Gasteiger partial charge in [0.25, 0.3) is 5.91 Å². The first kappa shape index (κ1) is 15.2. The van der Waals surface area contributed by atoms with E-state index in [-0.39, 0.29) is 5.91 Å². The lowest BCUT2D eigenvalue weighted by Gasteiger charge is -2.01. The number of nitrogens with one attached hydrogen (secondary N) is 2. The number of nitrogens with zero attached hydrogens (tertiary/aromatic N) is 2. The minimum Gasteiger partial charge on any atom is -0.277 e. The lowest BCUT2D eigenvalue weighted by molar-refractivity contribution is 0.0955. The third kappa shape index (κ3) is 3.73. The van der Waals surface area contributed by atoms with E-state index in [1.54, 1.807) is 36.7 Å². The maximum absolute atomic E-state index is 11.9. The molecule has 2 N–H and O–H groups in total. The zero-order valence-electron chi connectivity index (χ0n) is 12.0. The number of rotatable bonds is 4. The van der Waals surface area contributed by atoms with Gasteiger partial charge in [0.2, 0.25) is 0 Å². The second-order valence-corrected chi connectivity index (χ2v) is 5.69. The Labute approximate surface area is 141 Å². The number of aromatic nitrogens is 2. The first-order valence-electron chi connectivity index (χ1n) is 6.92. The van der Waals surface area contributed by atoms with Gasteiger partial charge in [-0.3, -0.25) is 9.89 Å². The Morgan fingerprint density at radius 3 is 2.61 bits per heavy atom. The molecule has 3 rings (SSSR count). The molecule has 1 amide bonds. The average molecular weight is 369 g/mol. The van der Waals surface area contributed by atoms with Crippen LogP contribution in [0.15, 0.2) is 70.4 Å².